The van der Waals surface area contributed by atoms with E-state index in [2.05, 4.69) is 160 Å². The van der Waals surface area contributed by atoms with Gasteiger partial charge >= 0.3 is 263 Å². The maximum absolute atomic E-state index is 5.94. The fourth-order valence-electron chi connectivity index (χ4n) is 11.8. The van der Waals surface area contributed by atoms with E-state index in [4.69, 9.17) is 4.26 Å². The summed E-state index contributed by atoms with van der Waals surface area (Å²) in [5, 5.41) is 0. The van der Waals surface area contributed by atoms with Crippen molar-refractivity contribution in [2.45, 2.75) is 66.6 Å². The SMILES string of the molecule is [CH2]=[Hf]([CH3])([CH3])([CH2]C(C)C)([CH2]C(C)C)([CH]1C=Cc2c(-c3ccccc3C)cccc21)[CH]1C=Cc2c(-c3ccccc3C)cccc21. The van der Waals surface area contributed by atoms with Crippen molar-refractivity contribution >= 4 is 16.4 Å². The number of aryl methyl sites for hydroxylation is 2. The molecule has 0 amide bonds. The first-order valence-corrected chi connectivity index (χ1v) is 35.8. The zero-order chi connectivity index (χ0) is 31.6. The summed E-state index contributed by atoms with van der Waals surface area (Å²) in [5.41, 5.74) is 13.8. The summed E-state index contributed by atoms with van der Waals surface area (Å²) < 4.78 is 14.5. The molecule has 0 fully saturated rings. The van der Waals surface area contributed by atoms with Crippen molar-refractivity contribution in [1.29, 1.82) is 0 Å². The topological polar surface area (TPSA) is 0 Å². The number of fused-ring (bicyclic) bond motifs is 2. The second kappa shape index (κ2) is 9.56. The molecule has 0 aromatic heterocycles. The second-order valence-corrected chi connectivity index (χ2v) is 68.0. The van der Waals surface area contributed by atoms with Gasteiger partial charge in [-0.05, 0) is 0 Å². The Kier molecular flexibility index (Phi) is 6.75. The molecular formula is C43H52Hf. The number of benzene rings is 4. The monoisotopic (exact) mass is 748 g/mol. The molecule has 2 atom stereocenters. The molecule has 0 heterocycles. The number of hydrogen-bond acceptors (Lipinski definition) is 0. The Balaban J connectivity index is 1.67. The zero-order valence-corrected chi connectivity index (χ0v) is 31.9. The average molecular weight is 747 g/mol. The fraction of sp³-hybridized carbons (Fsp3) is 0.326. The van der Waals surface area contributed by atoms with Crippen molar-refractivity contribution < 1.29 is 15.1 Å². The summed E-state index contributed by atoms with van der Waals surface area (Å²) in [7, 11) is 0. The van der Waals surface area contributed by atoms with Crippen LogP contribution < -0.4 is 0 Å². The zero-order valence-electron chi connectivity index (χ0n) is 28.3. The van der Waals surface area contributed by atoms with Crippen molar-refractivity contribution in [3.8, 4) is 22.3 Å². The van der Waals surface area contributed by atoms with Gasteiger partial charge in [-0.3, -0.25) is 0 Å². The molecule has 44 heavy (non-hydrogen) atoms. The van der Waals surface area contributed by atoms with Crippen LogP contribution in [0.4, 0.5) is 0 Å². The van der Waals surface area contributed by atoms with Gasteiger partial charge in [0.25, 0.3) is 0 Å². The van der Waals surface area contributed by atoms with Crippen LogP contribution in [0.3, 0.4) is 0 Å². The molecule has 4 aromatic carbocycles. The predicted molar refractivity (Wildman–Crippen MR) is 195 cm³/mol. The Hall–Kier alpha value is -2.90. The van der Waals surface area contributed by atoms with Crippen molar-refractivity contribution in [2.75, 3.05) is 0 Å². The van der Waals surface area contributed by atoms with Gasteiger partial charge in [-0.25, -0.2) is 0 Å². The molecule has 0 saturated carbocycles. The van der Waals surface area contributed by atoms with Gasteiger partial charge in [0.05, 0.1) is 0 Å². The Bertz CT molecular complexity index is 1840. The van der Waals surface area contributed by atoms with Gasteiger partial charge in [0, 0.05) is 0 Å². The van der Waals surface area contributed by atoms with Crippen molar-refractivity contribution in [3.63, 3.8) is 0 Å². The van der Waals surface area contributed by atoms with Crippen molar-refractivity contribution in [1.82, 2.24) is 0 Å². The van der Waals surface area contributed by atoms with E-state index in [0.717, 1.165) is 0 Å². The quantitative estimate of drug-likeness (QED) is 0.158. The normalized spacial score (nSPS) is 19.8. The molecule has 0 aliphatic heterocycles. The van der Waals surface area contributed by atoms with Gasteiger partial charge in [0.2, 0.25) is 0 Å². The Labute approximate surface area is 261 Å². The summed E-state index contributed by atoms with van der Waals surface area (Å²) in [6, 6.07) is 31.9. The minimum atomic E-state index is -5.44. The summed E-state index contributed by atoms with van der Waals surface area (Å²) in [5.74, 6) is 1.06. The van der Waals surface area contributed by atoms with E-state index in [1.807, 2.05) is 0 Å². The third-order valence-electron chi connectivity index (χ3n) is 12.3. The molecule has 0 saturated heterocycles. The maximum atomic E-state index is 5.94. The van der Waals surface area contributed by atoms with Gasteiger partial charge in [-0.1, -0.05) is 0 Å². The van der Waals surface area contributed by atoms with Crippen LogP contribution in [0.1, 0.15) is 68.4 Å². The molecule has 228 valence electrons. The molecule has 0 N–H and O–H groups in total. The predicted octanol–water partition coefficient (Wildman–Crippen LogP) is 12.9. The van der Waals surface area contributed by atoms with Gasteiger partial charge in [0.1, 0.15) is 0 Å². The van der Waals surface area contributed by atoms with Crippen LogP contribution in [0, 0.1) is 25.7 Å². The molecule has 2 unspecified atom stereocenters. The number of hydrogen-bond donors (Lipinski definition) is 0. The molecule has 4 aromatic rings. The van der Waals surface area contributed by atoms with Crippen LogP contribution >= 0.6 is 0 Å². The minimum absolute atomic E-state index is 0.297. The molecule has 0 nitrogen and oxygen atoms in total. The van der Waals surface area contributed by atoms with Crippen LogP contribution in [-0.2, 0) is 15.1 Å². The van der Waals surface area contributed by atoms with Gasteiger partial charge in [-0.15, -0.1) is 0 Å². The Morgan fingerprint density at radius 2 is 0.909 bits per heavy atom. The van der Waals surface area contributed by atoms with Gasteiger partial charge in [-0.2, -0.15) is 0 Å². The van der Waals surface area contributed by atoms with Gasteiger partial charge < -0.3 is 0 Å². The van der Waals surface area contributed by atoms with Gasteiger partial charge in [0.15, 0.2) is 0 Å². The molecule has 2 aliphatic carbocycles. The van der Waals surface area contributed by atoms with Crippen molar-refractivity contribution in [2.24, 2.45) is 11.8 Å². The third-order valence-corrected chi connectivity index (χ3v) is 56.2. The number of rotatable bonds is 8. The third kappa shape index (κ3) is 4.44. The molecule has 0 radical (unpaired) electrons. The molecule has 0 spiro atoms. The van der Waals surface area contributed by atoms with E-state index in [0.29, 0.717) is 19.2 Å². The van der Waals surface area contributed by atoms with E-state index in [1.165, 1.54) is 64.0 Å². The first-order valence-electron chi connectivity index (χ1n) is 16.9. The molecule has 1 heteroatoms. The summed E-state index contributed by atoms with van der Waals surface area (Å²) in [4.78, 5) is 0. The van der Waals surface area contributed by atoms with Crippen LogP contribution in [0.5, 0.6) is 0 Å². The molecule has 6 rings (SSSR count). The van der Waals surface area contributed by atoms with Crippen LogP contribution in [0.15, 0.2) is 97.1 Å². The Morgan fingerprint density at radius 3 is 1.27 bits per heavy atom. The average Bonchev–Trinajstić information content (AvgIpc) is 3.59. The summed E-state index contributed by atoms with van der Waals surface area (Å²) in [6.45, 7) is 14.3. The number of allylic oxidation sites excluding steroid dienone is 2. The van der Waals surface area contributed by atoms with Crippen LogP contribution in [-0.4, -0.2) is 4.26 Å². The summed E-state index contributed by atoms with van der Waals surface area (Å²) in [6.07, 6.45) is 10.2. The second-order valence-electron chi connectivity index (χ2n) is 18.0. The van der Waals surface area contributed by atoms with E-state index >= 15 is 0 Å². The summed E-state index contributed by atoms with van der Waals surface area (Å²) >= 11 is -5.44. The first kappa shape index (κ1) is 31.1. The van der Waals surface area contributed by atoms with E-state index in [1.54, 1.807) is 0 Å². The van der Waals surface area contributed by atoms with Crippen LogP contribution in [0.25, 0.3) is 34.4 Å². The molecule has 0 bridgehead atoms. The molecular weight excluding hydrogens is 695 g/mol. The molecule has 2 aliphatic rings. The van der Waals surface area contributed by atoms with Crippen LogP contribution in [0.2, 0.25) is 17.7 Å². The fourth-order valence-corrected chi connectivity index (χ4v) is 63.7. The van der Waals surface area contributed by atoms with E-state index in [9.17, 15) is 0 Å². The van der Waals surface area contributed by atoms with Crippen molar-refractivity contribution in [3.05, 3.63) is 130 Å². The Morgan fingerprint density at radius 1 is 0.545 bits per heavy atom. The van der Waals surface area contributed by atoms with E-state index < -0.39 is 15.1 Å². The van der Waals surface area contributed by atoms with E-state index in [-0.39, 0.29) is 0 Å². The first-order chi connectivity index (χ1) is 20.6. The standard InChI is InChI=1S/2C16H13.2C4H9.2CH3.CH2.Hf/c2*1-12-6-2-3-9-14(12)16-11-5-8-13-7-4-10-15(13)16;2*1-4(2)3;;;;/h2*2-11H,1H3;2*4H,1H2,2-3H3;2*1H3;1H2;.